The van der Waals surface area contributed by atoms with Gasteiger partial charge in [0.1, 0.15) is 5.75 Å². The number of rotatable bonds is 5. The lowest BCUT2D eigenvalue weighted by Crippen LogP contribution is -2.05. The van der Waals surface area contributed by atoms with Crippen molar-refractivity contribution in [1.29, 1.82) is 0 Å². The fourth-order valence-electron chi connectivity index (χ4n) is 1.76. The first-order chi connectivity index (χ1) is 10.4. The number of hydrogen-bond donors (Lipinski definition) is 1. The second kappa shape index (κ2) is 7.26. The molecule has 0 atom stereocenters. The Morgan fingerprint density at radius 1 is 1.23 bits per heavy atom. The van der Waals surface area contributed by atoms with Crippen LogP contribution in [-0.2, 0) is 0 Å². The average molecular weight is 371 g/mol. The Balaban J connectivity index is 2.16. The number of aryl methyl sites for hydroxylation is 2. The summed E-state index contributed by atoms with van der Waals surface area (Å²) in [5.41, 5.74) is 4.66. The summed E-state index contributed by atoms with van der Waals surface area (Å²) >= 11 is 3.27. The lowest BCUT2D eigenvalue weighted by Gasteiger charge is -2.08. The van der Waals surface area contributed by atoms with Crippen molar-refractivity contribution in [3.63, 3.8) is 0 Å². The standard InChI is InChI=1S/C14H13BrF2N4O/c1-8-5-9(2)20-14(19-8)21-18-7-10-6-11(15)3-4-12(10)22-13(16)17/h3-7,13H,1-2H3,(H,19,20,21)/b18-7-. The lowest BCUT2D eigenvalue weighted by atomic mass is 10.2. The molecule has 0 aliphatic rings. The summed E-state index contributed by atoms with van der Waals surface area (Å²) in [4.78, 5) is 8.31. The van der Waals surface area contributed by atoms with E-state index in [2.05, 4.69) is 41.2 Å². The van der Waals surface area contributed by atoms with E-state index in [9.17, 15) is 8.78 Å². The van der Waals surface area contributed by atoms with E-state index in [0.29, 0.717) is 11.5 Å². The predicted molar refractivity (Wildman–Crippen MR) is 83.5 cm³/mol. The molecule has 0 aliphatic heterocycles. The van der Waals surface area contributed by atoms with Crippen molar-refractivity contribution < 1.29 is 13.5 Å². The van der Waals surface area contributed by atoms with Crippen LogP contribution in [0.5, 0.6) is 5.75 Å². The lowest BCUT2D eigenvalue weighted by molar-refractivity contribution is -0.0499. The van der Waals surface area contributed by atoms with Crippen molar-refractivity contribution in [2.45, 2.75) is 20.5 Å². The number of nitrogens with one attached hydrogen (secondary N) is 1. The number of ether oxygens (including phenoxy) is 1. The molecule has 0 saturated heterocycles. The molecule has 5 nitrogen and oxygen atoms in total. The number of aromatic nitrogens is 2. The van der Waals surface area contributed by atoms with E-state index in [4.69, 9.17) is 0 Å². The maximum atomic E-state index is 12.4. The van der Waals surface area contributed by atoms with Crippen LogP contribution < -0.4 is 10.2 Å². The average Bonchev–Trinajstić information content (AvgIpc) is 2.40. The molecule has 0 bridgehead atoms. The Morgan fingerprint density at radius 2 is 1.91 bits per heavy atom. The van der Waals surface area contributed by atoms with Gasteiger partial charge in [-0.05, 0) is 38.1 Å². The minimum Gasteiger partial charge on any atom is -0.434 e. The first kappa shape index (κ1) is 16.3. The zero-order valence-corrected chi connectivity index (χ0v) is 13.4. The Kier molecular flexibility index (Phi) is 5.37. The van der Waals surface area contributed by atoms with Crippen LogP contribution in [0.1, 0.15) is 17.0 Å². The number of halogens is 3. The van der Waals surface area contributed by atoms with Gasteiger partial charge in [0.05, 0.1) is 6.21 Å². The van der Waals surface area contributed by atoms with Gasteiger partial charge in [-0.25, -0.2) is 15.4 Å². The first-order valence-corrected chi connectivity index (χ1v) is 7.09. The topological polar surface area (TPSA) is 59.4 Å². The summed E-state index contributed by atoms with van der Waals surface area (Å²) in [5.74, 6) is 0.366. The van der Waals surface area contributed by atoms with E-state index >= 15 is 0 Å². The first-order valence-electron chi connectivity index (χ1n) is 6.30. The summed E-state index contributed by atoms with van der Waals surface area (Å²) in [7, 11) is 0. The summed E-state index contributed by atoms with van der Waals surface area (Å²) in [5, 5.41) is 3.96. The Hall–Kier alpha value is -2.09. The van der Waals surface area contributed by atoms with Crippen molar-refractivity contribution in [2.75, 3.05) is 5.43 Å². The van der Waals surface area contributed by atoms with Crippen LogP contribution in [0.15, 0.2) is 33.8 Å². The van der Waals surface area contributed by atoms with Crippen LogP contribution in [-0.4, -0.2) is 22.8 Å². The van der Waals surface area contributed by atoms with Gasteiger partial charge in [-0.3, -0.25) is 0 Å². The van der Waals surface area contributed by atoms with E-state index in [1.807, 2.05) is 19.9 Å². The largest absolute Gasteiger partial charge is 0.434 e. The highest BCUT2D eigenvalue weighted by Gasteiger charge is 2.09. The number of alkyl halides is 2. The molecule has 2 rings (SSSR count). The highest BCUT2D eigenvalue weighted by molar-refractivity contribution is 9.10. The van der Waals surface area contributed by atoms with Gasteiger partial charge in [0.15, 0.2) is 0 Å². The third kappa shape index (κ3) is 4.73. The molecular formula is C14H13BrF2N4O. The Labute approximate surface area is 134 Å². The molecule has 8 heteroatoms. The van der Waals surface area contributed by atoms with E-state index in [1.54, 1.807) is 12.1 Å². The molecule has 0 spiro atoms. The van der Waals surface area contributed by atoms with Crippen LogP contribution in [0.4, 0.5) is 14.7 Å². The van der Waals surface area contributed by atoms with Gasteiger partial charge in [-0.15, -0.1) is 0 Å². The third-order valence-electron chi connectivity index (χ3n) is 2.54. The highest BCUT2D eigenvalue weighted by Crippen LogP contribution is 2.23. The molecule has 1 N–H and O–H groups in total. The van der Waals surface area contributed by atoms with Gasteiger partial charge >= 0.3 is 6.61 Å². The van der Waals surface area contributed by atoms with Gasteiger partial charge in [0.2, 0.25) is 5.95 Å². The second-order valence-electron chi connectivity index (χ2n) is 4.40. The molecular weight excluding hydrogens is 358 g/mol. The van der Waals surface area contributed by atoms with Gasteiger partial charge in [-0.2, -0.15) is 13.9 Å². The molecule has 116 valence electrons. The normalized spacial score (nSPS) is 11.2. The monoisotopic (exact) mass is 370 g/mol. The summed E-state index contributed by atoms with van der Waals surface area (Å²) in [6.45, 7) is 0.780. The van der Waals surface area contributed by atoms with Crippen molar-refractivity contribution in [3.8, 4) is 5.75 Å². The fraction of sp³-hybridized carbons (Fsp3) is 0.214. The molecule has 0 saturated carbocycles. The number of hydrogen-bond acceptors (Lipinski definition) is 5. The molecule has 1 aromatic heterocycles. The SMILES string of the molecule is Cc1cc(C)nc(N/N=C\c2cc(Br)ccc2OC(F)F)n1. The molecule has 0 fully saturated rings. The second-order valence-corrected chi connectivity index (χ2v) is 5.32. The van der Waals surface area contributed by atoms with E-state index < -0.39 is 6.61 Å². The van der Waals surface area contributed by atoms with Crippen molar-refractivity contribution >= 4 is 28.1 Å². The van der Waals surface area contributed by atoms with Crippen molar-refractivity contribution in [3.05, 3.63) is 45.7 Å². The minimum absolute atomic E-state index is 0.0325. The minimum atomic E-state index is -2.90. The summed E-state index contributed by atoms with van der Waals surface area (Å²) in [6, 6.07) is 6.49. The van der Waals surface area contributed by atoms with Crippen LogP contribution in [0, 0.1) is 13.8 Å². The summed E-state index contributed by atoms with van der Waals surface area (Å²) < 4.78 is 29.9. The van der Waals surface area contributed by atoms with Crippen molar-refractivity contribution in [1.82, 2.24) is 9.97 Å². The molecule has 2 aromatic rings. The van der Waals surface area contributed by atoms with Crippen LogP contribution in [0.2, 0.25) is 0 Å². The number of benzene rings is 1. The maximum Gasteiger partial charge on any atom is 0.387 e. The highest BCUT2D eigenvalue weighted by atomic mass is 79.9. The van der Waals surface area contributed by atoms with Crippen LogP contribution >= 0.6 is 15.9 Å². The molecule has 0 unspecified atom stereocenters. The van der Waals surface area contributed by atoms with Crippen molar-refractivity contribution in [2.24, 2.45) is 5.10 Å². The molecule has 0 aliphatic carbocycles. The molecule has 0 amide bonds. The molecule has 1 heterocycles. The van der Waals surface area contributed by atoms with E-state index in [1.165, 1.54) is 12.3 Å². The van der Waals surface area contributed by atoms with E-state index in [0.717, 1.165) is 15.9 Å². The van der Waals surface area contributed by atoms with Gasteiger partial charge < -0.3 is 4.74 Å². The third-order valence-corrected chi connectivity index (χ3v) is 3.03. The van der Waals surface area contributed by atoms with Crippen LogP contribution in [0.25, 0.3) is 0 Å². The quantitative estimate of drug-likeness (QED) is 0.640. The molecule has 1 aromatic carbocycles. The van der Waals surface area contributed by atoms with Gasteiger partial charge in [0.25, 0.3) is 0 Å². The summed E-state index contributed by atoms with van der Waals surface area (Å²) in [6.07, 6.45) is 1.36. The molecule has 0 radical (unpaired) electrons. The smallest absolute Gasteiger partial charge is 0.387 e. The maximum absolute atomic E-state index is 12.4. The van der Waals surface area contributed by atoms with Gasteiger partial charge in [0, 0.05) is 21.4 Å². The zero-order chi connectivity index (χ0) is 16.1. The Morgan fingerprint density at radius 3 is 2.55 bits per heavy atom. The number of nitrogens with zero attached hydrogens (tertiary/aromatic N) is 3. The number of hydrazone groups is 1. The predicted octanol–water partition coefficient (Wildman–Crippen LogP) is 3.90. The molecule has 22 heavy (non-hydrogen) atoms. The Bertz CT molecular complexity index is 674. The van der Waals surface area contributed by atoms with Gasteiger partial charge in [-0.1, -0.05) is 15.9 Å². The van der Waals surface area contributed by atoms with E-state index in [-0.39, 0.29) is 5.75 Å². The van der Waals surface area contributed by atoms with Crippen LogP contribution in [0.3, 0.4) is 0 Å². The zero-order valence-electron chi connectivity index (χ0n) is 11.8. The fourth-order valence-corrected chi connectivity index (χ4v) is 2.14. The number of anilines is 1.